The van der Waals surface area contributed by atoms with Gasteiger partial charge in [0.25, 0.3) is 0 Å². The van der Waals surface area contributed by atoms with Crippen molar-refractivity contribution in [2.75, 3.05) is 7.11 Å². The van der Waals surface area contributed by atoms with Crippen molar-refractivity contribution in [2.24, 2.45) is 0 Å². The molecule has 0 spiro atoms. The van der Waals surface area contributed by atoms with E-state index in [4.69, 9.17) is 4.74 Å². The molecule has 0 atom stereocenters. The second-order valence-electron chi connectivity index (χ2n) is 5.78. The summed E-state index contributed by atoms with van der Waals surface area (Å²) in [4.78, 5) is 3.25. The first-order valence-electron chi connectivity index (χ1n) is 7.64. The monoisotopic (exact) mass is 338 g/mol. The number of nitrogens with one attached hydrogen (secondary N) is 2. The highest BCUT2D eigenvalue weighted by Gasteiger charge is 2.17. The summed E-state index contributed by atoms with van der Waals surface area (Å²) in [5.74, 6) is 0.148. The SMILES string of the molecule is COc1cc(-c2n[nH]nc2-c2cc3cc(F)c(C)cc3[nH]2)ccc1O. The van der Waals surface area contributed by atoms with Crippen LogP contribution in [-0.2, 0) is 0 Å². The van der Waals surface area contributed by atoms with E-state index in [1.165, 1.54) is 19.2 Å². The fraction of sp³-hybridized carbons (Fsp3) is 0.111. The van der Waals surface area contributed by atoms with E-state index >= 15 is 0 Å². The number of aryl methyl sites for hydroxylation is 1. The van der Waals surface area contributed by atoms with Crippen LogP contribution in [0.3, 0.4) is 0 Å². The van der Waals surface area contributed by atoms with Crippen molar-refractivity contribution in [3.63, 3.8) is 0 Å². The van der Waals surface area contributed by atoms with E-state index in [0.717, 1.165) is 22.2 Å². The molecule has 6 nitrogen and oxygen atoms in total. The first-order chi connectivity index (χ1) is 12.1. The van der Waals surface area contributed by atoms with Crippen molar-refractivity contribution < 1.29 is 14.2 Å². The van der Waals surface area contributed by atoms with Gasteiger partial charge in [0.15, 0.2) is 11.5 Å². The Morgan fingerprint density at radius 1 is 1.08 bits per heavy atom. The third-order valence-electron chi connectivity index (χ3n) is 4.16. The molecule has 0 saturated carbocycles. The number of hydrogen-bond donors (Lipinski definition) is 3. The van der Waals surface area contributed by atoms with Crippen molar-refractivity contribution in [3.05, 3.63) is 47.8 Å². The Hall–Kier alpha value is -3.35. The van der Waals surface area contributed by atoms with Gasteiger partial charge in [0.1, 0.15) is 17.2 Å². The Balaban J connectivity index is 1.85. The van der Waals surface area contributed by atoms with Gasteiger partial charge in [-0.2, -0.15) is 15.4 Å². The molecule has 126 valence electrons. The molecule has 25 heavy (non-hydrogen) atoms. The molecule has 0 bridgehead atoms. The number of ether oxygens (including phenoxy) is 1. The van der Waals surface area contributed by atoms with Gasteiger partial charge in [-0.05, 0) is 48.9 Å². The maximum atomic E-state index is 13.8. The van der Waals surface area contributed by atoms with Gasteiger partial charge in [0.05, 0.1) is 12.8 Å². The number of H-pyrrole nitrogens is 2. The van der Waals surface area contributed by atoms with Gasteiger partial charge in [-0.3, -0.25) is 0 Å². The lowest BCUT2D eigenvalue weighted by atomic mass is 10.1. The number of phenolic OH excluding ortho intramolecular Hbond substituents is 1. The van der Waals surface area contributed by atoms with Crippen molar-refractivity contribution in [1.29, 1.82) is 0 Å². The number of phenols is 1. The molecular weight excluding hydrogens is 323 g/mol. The standard InChI is InChI=1S/C18H15FN4O2/c1-9-5-13-11(6-12(9)19)7-14(20-13)18-17(21-23-22-18)10-3-4-15(24)16(8-10)25-2/h3-8,20,24H,1-2H3,(H,21,22,23). The zero-order valence-electron chi connectivity index (χ0n) is 13.6. The lowest BCUT2D eigenvalue weighted by Crippen LogP contribution is -1.87. The van der Waals surface area contributed by atoms with Crippen LogP contribution >= 0.6 is 0 Å². The van der Waals surface area contributed by atoms with Crippen LogP contribution in [0.4, 0.5) is 4.39 Å². The highest BCUT2D eigenvalue weighted by molar-refractivity contribution is 5.88. The summed E-state index contributed by atoms with van der Waals surface area (Å²) >= 11 is 0. The van der Waals surface area contributed by atoms with Crippen LogP contribution in [0.2, 0.25) is 0 Å². The number of halogens is 1. The molecule has 0 aliphatic heterocycles. The second kappa shape index (κ2) is 5.62. The number of nitrogens with zero attached hydrogens (tertiary/aromatic N) is 2. The third-order valence-corrected chi connectivity index (χ3v) is 4.16. The highest BCUT2D eigenvalue weighted by atomic mass is 19.1. The van der Waals surface area contributed by atoms with Gasteiger partial charge in [-0.25, -0.2) is 4.39 Å². The Kier molecular flexibility index (Phi) is 3.42. The lowest BCUT2D eigenvalue weighted by molar-refractivity contribution is 0.373. The number of aromatic hydroxyl groups is 1. The van der Waals surface area contributed by atoms with Crippen LogP contribution in [-0.4, -0.2) is 32.6 Å². The quantitative estimate of drug-likeness (QED) is 0.530. The lowest BCUT2D eigenvalue weighted by Gasteiger charge is -2.05. The van der Waals surface area contributed by atoms with Crippen LogP contribution in [0.1, 0.15) is 5.56 Å². The molecule has 0 aliphatic carbocycles. The Bertz CT molecular complexity index is 1050. The van der Waals surface area contributed by atoms with E-state index in [1.54, 1.807) is 25.1 Å². The zero-order valence-corrected chi connectivity index (χ0v) is 13.6. The number of benzene rings is 2. The summed E-state index contributed by atoms with van der Waals surface area (Å²) in [7, 11) is 1.48. The first-order valence-corrected chi connectivity index (χ1v) is 7.64. The average Bonchev–Trinajstić information content (AvgIpc) is 3.22. The minimum Gasteiger partial charge on any atom is -0.504 e. The van der Waals surface area contributed by atoms with Crippen LogP contribution in [0, 0.1) is 12.7 Å². The fourth-order valence-electron chi connectivity index (χ4n) is 2.83. The maximum Gasteiger partial charge on any atom is 0.161 e. The largest absolute Gasteiger partial charge is 0.504 e. The summed E-state index contributed by atoms with van der Waals surface area (Å²) < 4.78 is 18.9. The highest BCUT2D eigenvalue weighted by Crippen LogP contribution is 2.35. The van der Waals surface area contributed by atoms with Gasteiger partial charge in [0.2, 0.25) is 0 Å². The molecule has 0 amide bonds. The van der Waals surface area contributed by atoms with E-state index < -0.39 is 0 Å². The van der Waals surface area contributed by atoms with E-state index in [2.05, 4.69) is 20.4 Å². The predicted octanol–water partition coefficient (Wildman–Crippen LogP) is 3.78. The van der Waals surface area contributed by atoms with E-state index in [1.807, 2.05) is 6.07 Å². The van der Waals surface area contributed by atoms with Crippen LogP contribution in [0.25, 0.3) is 33.5 Å². The number of rotatable bonds is 3. The summed E-state index contributed by atoms with van der Waals surface area (Å²) in [5.41, 5.74) is 4.05. The third kappa shape index (κ3) is 2.50. The summed E-state index contributed by atoms with van der Waals surface area (Å²) in [5, 5.41) is 21.6. The molecule has 4 rings (SSSR count). The van der Waals surface area contributed by atoms with Crippen LogP contribution < -0.4 is 4.74 Å². The first kappa shape index (κ1) is 15.2. The molecule has 0 saturated heterocycles. The predicted molar refractivity (Wildman–Crippen MR) is 92.0 cm³/mol. The van der Waals surface area contributed by atoms with Crippen molar-refractivity contribution >= 4 is 10.9 Å². The maximum absolute atomic E-state index is 13.8. The number of hydrogen-bond acceptors (Lipinski definition) is 4. The zero-order chi connectivity index (χ0) is 17.6. The molecule has 3 N–H and O–H groups in total. The van der Waals surface area contributed by atoms with E-state index in [9.17, 15) is 9.50 Å². The normalized spacial score (nSPS) is 11.2. The van der Waals surface area contributed by atoms with Gasteiger partial charge in [-0.1, -0.05) is 0 Å². The topological polar surface area (TPSA) is 86.8 Å². The number of methoxy groups -OCH3 is 1. The van der Waals surface area contributed by atoms with E-state index in [0.29, 0.717) is 22.7 Å². The molecule has 0 unspecified atom stereocenters. The molecule has 0 radical (unpaired) electrons. The number of aromatic amines is 2. The van der Waals surface area contributed by atoms with Gasteiger partial charge < -0.3 is 14.8 Å². The smallest absolute Gasteiger partial charge is 0.161 e. The second-order valence-corrected chi connectivity index (χ2v) is 5.78. The molecule has 2 aromatic heterocycles. The van der Waals surface area contributed by atoms with E-state index in [-0.39, 0.29) is 11.6 Å². The van der Waals surface area contributed by atoms with Crippen molar-refractivity contribution in [1.82, 2.24) is 20.4 Å². The molecule has 0 fully saturated rings. The Morgan fingerprint density at radius 2 is 1.88 bits per heavy atom. The van der Waals surface area contributed by atoms with Gasteiger partial charge >= 0.3 is 0 Å². The van der Waals surface area contributed by atoms with Gasteiger partial charge in [-0.15, -0.1) is 0 Å². The Morgan fingerprint density at radius 3 is 2.68 bits per heavy atom. The summed E-state index contributed by atoms with van der Waals surface area (Å²) in [6.07, 6.45) is 0. The van der Waals surface area contributed by atoms with Crippen molar-refractivity contribution in [3.8, 4) is 34.1 Å². The minimum absolute atomic E-state index is 0.0489. The average molecular weight is 338 g/mol. The number of fused-ring (bicyclic) bond motifs is 1. The molecular formula is C18H15FN4O2. The molecule has 0 aliphatic rings. The van der Waals surface area contributed by atoms with Crippen LogP contribution in [0.5, 0.6) is 11.5 Å². The van der Waals surface area contributed by atoms with Gasteiger partial charge in [0, 0.05) is 16.5 Å². The molecule has 4 aromatic rings. The summed E-state index contributed by atoms with van der Waals surface area (Å²) in [6.45, 7) is 1.72. The van der Waals surface area contributed by atoms with Crippen LogP contribution in [0.15, 0.2) is 36.4 Å². The molecule has 2 aromatic carbocycles. The van der Waals surface area contributed by atoms with Crippen molar-refractivity contribution in [2.45, 2.75) is 6.92 Å². The molecule has 2 heterocycles. The minimum atomic E-state index is -0.248. The summed E-state index contributed by atoms with van der Waals surface area (Å²) in [6, 6.07) is 10.0. The number of aromatic nitrogens is 4. The Labute approximate surface area is 142 Å². The fourth-order valence-corrected chi connectivity index (χ4v) is 2.83. The molecule has 7 heteroatoms.